The third-order valence-electron chi connectivity index (χ3n) is 3.32. The number of nitrogens with zero attached hydrogens (tertiary/aromatic N) is 1. The minimum absolute atomic E-state index is 0.0168. The molecule has 0 spiro atoms. The van der Waals surface area contributed by atoms with E-state index in [1.165, 1.54) is 30.6 Å². The molecule has 3 rings (SSSR count). The number of methoxy groups -OCH3 is 1. The second kappa shape index (κ2) is 7.87. The zero-order valence-electron chi connectivity index (χ0n) is 13.5. The van der Waals surface area contributed by atoms with Gasteiger partial charge in [-0.15, -0.1) is 11.3 Å². The molecule has 0 radical (unpaired) electrons. The van der Waals surface area contributed by atoms with E-state index in [0.29, 0.717) is 16.5 Å². The second-order valence-corrected chi connectivity index (χ2v) is 6.09. The van der Waals surface area contributed by atoms with Gasteiger partial charge in [0, 0.05) is 29.4 Å². The summed E-state index contributed by atoms with van der Waals surface area (Å²) in [5.41, 5.74) is 3.07. The summed E-state index contributed by atoms with van der Waals surface area (Å²) in [5, 5.41) is 8.41. The van der Waals surface area contributed by atoms with Crippen LogP contribution in [0.5, 0.6) is 0 Å². The van der Waals surface area contributed by atoms with Crippen molar-refractivity contribution < 1.29 is 13.9 Å². The van der Waals surface area contributed by atoms with Crippen LogP contribution in [0.3, 0.4) is 0 Å². The number of nitrogens with one attached hydrogen (secondary N) is 2. The molecular formula is C18H16FN3O2S. The molecule has 0 aliphatic carbocycles. The molecule has 0 unspecified atom stereocenters. The number of ether oxygens (including phenoxy) is 1. The molecular weight excluding hydrogens is 341 g/mol. The molecule has 0 bridgehead atoms. The molecule has 5 nitrogen and oxygen atoms in total. The first-order valence-corrected chi connectivity index (χ1v) is 8.39. The Morgan fingerprint density at radius 1 is 1.20 bits per heavy atom. The van der Waals surface area contributed by atoms with Crippen LogP contribution in [0.4, 0.5) is 20.9 Å². The molecule has 0 aliphatic rings. The molecule has 0 saturated heterocycles. The smallest absolute Gasteiger partial charge is 0.250 e. The topological polar surface area (TPSA) is 63.2 Å². The number of rotatable bonds is 6. The normalized spacial score (nSPS) is 10.5. The maximum atomic E-state index is 13.2. The molecule has 2 aromatic carbocycles. The fourth-order valence-corrected chi connectivity index (χ4v) is 2.95. The van der Waals surface area contributed by atoms with Crippen LogP contribution in [-0.2, 0) is 9.53 Å². The summed E-state index contributed by atoms with van der Waals surface area (Å²) in [4.78, 5) is 16.0. The minimum Gasteiger partial charge on any atom is -0.375 e. The average Bonchev–Trinajstić information content (AvgIpc) is 3.04. The van der Waals surface area contributed by atoms with E-state index in [2.05, 4.69) is 15.6 Å². The van der Waals surface area contributed by atoms with Crippen molar-refractivity contribution in [1.82, 2.24) is 4.98 Å². The van der Waals surface area contributed by atoms with Gasteiger partial charge in [-0.05, 0) is 30.3 Å². The van der Waals surface area contributed by atoms with Gasteiger partial charge in [-0.2, -0.15) is 0 Å². The lowest BCUT2D eigenvalue weighted by Gasteiger charge is -2.05. The van der Waals surface area contributed by atoms with Gasteiger partial charge in [0.1, 0.15) is 12.4 Å². The summed E-state index contributed by atoms with van der Waals surface area (Å²) in [5.74, 6) is -0.502. The Hall–Kier alpha value is -2.77. The van der Waals surface area contributed by atoms with E-state index in [0.717, 1.165) is 11.3 Å². The highest BCUT2D eigenvalue weighted by Crippen LogP contribution is 2.28. The molecule has 1 heterocycles. The average molecular weight is 357 g/mol. The number of carbonyl (C=O) groups excluding carboxylic acids is 1. The van der Waals surface area contributed by atoms with Gasteiger partial charge in [0.25, 0.3) is 0 Å². The monoisotopic (exact) mass is 357 g/mol. The van der Waals surface area contributed by atoms with Gasteiger partial charge in [0.05, 0.1) is 5.69 Å². The van der Waals surface area contributed by atoms with Crippen molar-refractivity contribution in [2.75, 3.05) is 24.4 Å². The molecule has 25 heavy (non-hydrogen) atoms. The summed E-state index contributed by atoms with van der Waals surface area (Å²) < 4.78 is 18.0. The van der Waals surface area contributed by atoms with Crippen molar-refractivity contribution in [1.29, 1.82) is 0 Å². The van der Waals surface area contributed by atoms with Crippen LogP contribution in [0.1, 0.15) is 0 Å². The molecule has 7 heteroatoms. The van der Waals surface area contributed by atoms with E-state index >= 15 is 0 Å². The van der Waals surface area contributed by atoms with Crippen LogP contribution >= 0.6 is 11.3 Å². The van der Waals surface area contributed by atoms with Crippen LogP contribution in [0, 0.1) is 5.82 Å². The van der Waals surface area contributed by atoms with E-state index in [1.807, 2.05) is 29.6 Å². The van der Waals surface area contributed by atoms with Crippen molar-refractivity contribution in [2.45, 2.75) is 0 Å². The second-order valence-electron chi connectivity index (χ2n) is 5.23. The Balaban J connectivity index is 1.68. The first kappa shape index (κ1) is 17.1. The number of anilines is 3. The largest absolute Gasteiger partial charge is 0.375 e. The Morgan fingerprint density at radius 2 is 2.00 bits per heavy atom. The lowest BCUT2D eigenvalue weighted by atomic mass is 10.1. The highest BCUT2D eigenvalue weighted by atomic mass is 32.1. The quantitative estimate of drug-likeness (QED) is 0.691. The van der Waals surface area contributed by atoms with Gasteiger partial charge in [-0.3, -0.25) is 4.79 Å². The molecule has 1 amide bonds. The van der Waals surface area contributed by atoms with Gasteiger partial charge in [-0.25, -0.2) is 9.37 Å². The number of amides is 1. The maximum Gasteiger partial charge on any atom is 0.250 e. The number of aromatic nitrogens is 1. The lowest BCUT2D eigenvalue weighted by Crippen LogP contribution is -2.16. The number of thiazole rings is 1. The highest BCUT2D eigenvalue weighted by Gasteiger charge is 2.07. The molecule has 2 N–H and O–H groups in total. The summed E-state index contributed by atoms with van der Waals surface area (Å²) >= 11 is 1.44. The lowest BCUT2D eigenvalue weighted by molar-refractivity contribution is -0.119. The molecule has 0 atom stereocenters. The minimum atomic E-state index is -0.298. The first-order chi connectivity index (χ1) is 12.1. The third-order valence-corrected chi connectivity index (χ3v) is 4.08. The zero-order valence-corrected chi connectivity index (χ0v) is 14.3. The number of hydrogen-bond donors (Lipinski definition) is 2. The number of halogens is 1. The van der Waals surface area contributed by atoms with Gasteiger partial charge in [0.15, 0.2) is 5.13 Å². The summed E-state index contributed by atoms with van der Waals surface area (Å²) in [6.45, 7) is 0.0168. The third kappa shape index (κ3) is 4.62. The van der Waals surface area contributed by atoms with E-state index < -0.39 is 0 Å². The van der Waals surface area contributed by atoms with Crippen molar-refractivity contribution in [3.63, 3.8) is 0 Å². The molecule has 128 valence electrons. The summed E-state index contributed by atoms with van der Waals surface area (Å²) in [7, 11) is 1.47. The Morgan fingerprint density at radius 3 is 2.72 bits per heavy atom. The zero-order chi connectivity index (χ0) is 17.6. The van der Waals surface area contributed by atoms with Crippen molar-refractivity contribution >= 4 is 33.8 Å². The van der Waals surface area contributed by atoms with Crippen LogP contribution in [0.15, 0.2) is 53.9 Å². The summed E-state index contributed by atoms with van der Waals surface area (Å²) in [6, 6.07) is 13.6. The van der Waals surface area contributed by atoms with E-state index in [1.54, 1.807) is 12.1 Å². The summed E-state index contributed by atoms with van der Waals surface area (Å²) in [6.07, 6.45) is 0. The fourth-order valence-electron chi connectivity index (χ4n) is 2.21. The standard InChI is InChI=1S/C18H16FN3O2S/c1-24-10-17(23)20-14-7-5-12(6-8-14)16-11-25-18(22-16)21-15-4-2-3-13(19)9-15/h2-9,11H,10H2,1H3,(H,20,23)(H,21,22). The van der Waals surface area contributed by atoms with E-state index in [9.17, 15) is 9.18 Å². The first-order valence-electron chi connectivity index (χ1n) is 7.51. The van der Waals surface area contributed by atoms with Crippen molar-refractivity contribution in [3.8, 4) is 11.3 Å². The molecule has 1 aromatic heterocycles. The van der Waals surface area contributed by atoms with Crippen LogP contribution < -0.4 is 10.6 Å². The fraction of sp³-hybridized carbons (Fsp3) is 0.111. The van der Waals surface area contributed by atoms with Gasteiger partial charge < -0.3 is 15.4 Å². The maximum absolute atomic E-state index is 13.2. The number of carbonyl (C=O) groups is 1. The van der Waals surface area contributed by atoms with Crippen LogP contribution in [0.2, 0.25) is 0 Å². The predicted octanol–water partition coefficient (Wildman–Crippen LogP) is 4.28. The Kier molecular flexibility index (Phi) is 5.37. The van der Waals surface area contributed by atoms with E-state index in [-0.39, 0.29) is 18.3 Å². The van der Waals surface area contributed by atoms with Crippen LogP contribution in [0.25, 0.3) is 11.3 Å². The molecule has 0 saturated carbocycles. The molecule has 0 aliphatic heterocycles. The van der Waals surface area contributed by atoms with Crippen LogP contribution in [-0.4, -0.2) is 24.6 Å². The predicted molar refractivity (Wildman–Crippen MR) is 97.7 cm³/mol. The van der Waals surface area contributed by atoms with Gasteiger partial charge in [-0.1, -0.05) is 18.2 Å². The Bertz CT molecular complexity index is 865. The van der Waals surface area contributed by atoms with Crippen molar-refractivity contribution in [3.05, 3.63) is 59.7 Å². The molecule has 0 fully saturated rings. The Labute approximate surface area is 148 Å². The molecule has 3 aromatic rings. The van der Waals surface area contributed by atoms with Gasteiger partial charge >= 0.3 is 0 Å². The highest BCUT2D eigenvalue weighted by molar-refractivity contribution is 7.14. The SMILES string of the molecule is COCC(=O)Nc1ccc(-c2csc(Nc3cccc(F)c3)n2)cc1. The van der Waals surface area contributed by atoms with E-state index in [4.69, 9.17) is 4.74 Å². The van der Waals surface area contributed by atoms with Gasteiger partial charge in [0.2, 0.25) is 5.91 Å². The number of benzene rings is 2. The number of hydrogen-bond acceptors (Lipinski definition) is 5. The van der Waals surface area contributed by atoms with Crippen molar-refractivity contribution in [2.24, 2.45) is 0 Å².